The lowest BCUT2D eigenvalue weighted by atomic mass is 9.96. The highest BCUT2D eigenvalue weighted by Gasteiger charge is 2.36. The van der Waals surface area contributed by atoms with Crippen LogP contribution in [0.1, 0.15) is 44.9 Å². The lowest BCUT2D eigenvalue weighted by Crippen LogP contribution is -2.48. The summed E-state index contributed by atoms with van der Waals surface area (Å²) >= 11 is 0. The average Bonchev–Trinajstić information content (AvgIpc) is 2.96. The number of hydrogen-bond donors (Lipinski definition) is 3. The third kappa shape index (κ3) is 5.36. The molecular weight excluding hydrogens is 314 g/mol. The minimum atomic E-state index is -0.947. The third-order valence-electron chi connectivity index (χ3n) is 4.78. The zero-order valence-corrected chi connectivity index (χ0v) is 14.1. The fraction of sp³-hybridized carbons (Fsp3) is 0.812. The number of methoxy groups -OCH3 is 1. The number of aliphatic carboxylic acids is 1. The molecule has 0 aromatic rings. The van der Waals surface area contributed by atoms with Gasteiger partial charge < -0.3 is 25.4 Å². The van der Waals surface area contributed by atoms with E-state index in [1.807, 2.05) is 0 Å². The van der Waals surface area contributed by atoms with Crippen molar-refractivity contribution in [2.75, 3.05) is 20.2 Å². The van der Waals surface area contributed by atoms with E-state index >= 15 is 0 Å². The number of amides is 3. The molecule has 8 nitrogen and oxygen atoms in total. The fourth-order valence-corrected chi connectivity index (χ4v) is 3.49. The quantitative estimate of drug-likeness (QED) is 0.659. The van der Waals surface area contributed by atoms with Gasteiger partial charge in [0.2, 0.25) is 5.91 Å². The highest BCUT2D eigenvalue weighted by Crippen LogP contribution is 2.22. The van der Waals surface area contributed by atoms with Gasteiger partial charge in [-0.3, -0.25) is 9.59 Å². The number of nitrogens with one attached hydrogen (secondary N) is 2. The number of carboxylic acids is 1. The molecule has 1 aliphatic heterocycles. The molecule has 3 N–H and O–H groups in total. The minimum absolute atomic E-state index is 0.111. The standard InChI is InChI=1S/C16H27N3O5/c1-24-13-7-12(8-15(21)22)19(10-13)14(20)9-17-16(23)18-11-5-3-2-4-6-11/h11-13H,2-10H2,1H3,(H,21,22)(H2,17,18,23). The number of carbonyl (C=O) groups excluding carboxylic acids is 2. The van der Waals surface area contributed by atoms with Gasteiger partial charge in [-0.15, -0.1) is 0 Å². The first-order valence-electron chi connectivity index (χ1n) is 8.58. The summed E-state index contributed by atoms with van der Waals surface area (Å²) in [5, 5.41) is 14.4. The molecule has 0 aromatic carbocycles. The minimum Gasteiger partial charge on any atom is -0.481 e. The maximum Gasteiger partial charge on any atom is 0.315 e. The molecule has 2 aliphatic rings. The van der Waals surface area contributed by atoms with Gasteiger partial charge in [0.05, 0.1) is 19.1 Å². The van der Waals surface area contributed by atoms with Gasteiger partial charge in [-0.25, -0.2) is 4.79 Å². The predicted molar refractivity (Wildman–Crippen MR) is 86.6 cm³/mol. The normalized spacial score (nSPS) is 24.6. The largest absolute Gasteiger partial charge is 0.481 e. The van der Waals surface area contributed by atoms with Gasteiger partial charge in [0.25, 0.3) is 0 Å². The van der Waals surface area contributed by atoms with Crippen molar-refractivity contribution in [1.29, 1.82) is 0 Å². The van der Waals surface area contributed by atoms with Crippen LogP contribution in [-0.2, 0) is 14.3 Å². The van der Waals surface area contributed by atoms with E-state index in [2.05, 4.69) is 10.6 Å². The molecule has 0 spiro atoms. The lowest BCUT2D eigenvalue weighted by Gasteiger charge is -2.25. The summed E-state index contributed by atoms with van der Waals surface area (Å²) in [7, 11) is 1.55. The summed E-state index contributed by atoms with van der Waals surface area (Å²) in [6.07, 6.45) is 5.63. The molecule has 3 amide bonds. The molecule has 2 unspecified atom stereocenters. The van der Waals surface area contributed by atoms with Crippen molar-refractivity contribution in [2.45, 2.75) is 63.1 Å². The Bertz CT molecular complexity index is 465. The van der Waals surface area contributed by atoms with Crippen LogP contribution < -0.4 is 10.6 Å². The molecule has 8 heteroatoms. The van der Waals surface area contributed by atoms with Gasteiger partial charge in [-0.05, 0) is 19.3 Å². The zero-order valence-electron chi connectivity index (χ0n) is 14.1. The molecule has 2 rings (SSSR count). The van der Waals surface area contributed by atoms with E-state index < -0.39 is 5.97 Å². The summed E-state index contributed by atoms with van der Waals surface area (Å²) in [4.78, 5) is 36.7. The van der Waals surface area contributed by atoms with Crippen LogP contribution in [0.5, 0.6) is 0 Å². The van der Waals surface area contributed by atoms with Gasteiger partial charge in [0.1, 0.15) is 0 Å². The van der Waals surface area contributed by atoms with Crippen LogP contribution >= 0.6 is 0 Å². The second kappa shape index (κ2) is 8.86. The Morgan fingerprint density at radius 1 is 1.21 bits per heavy atom. The SMILES string of the molecule is COC1CC(CC(=O)O)N(C(=O)CNC(=O)NC2CCCCC2)C1. The summed E-state index contributed by atoms with van der Waals surface area (Å²) in [6.45, 7) is 0.226. The van der Waals surface area contributed by atoms with Crippen LogP contribution in [0.15, 0.2) is 0 Å². The van der Waals surface area contributed by atoms with Crippen molar-refractivity contribution in [1.82, 2.24) is 15.5 Å². The van der Waals surface area contributed by atoms with E-state index in [4.69, 9.17) is 9.84 Å². The first kappa shape index (κ1) is 18.5. The number of likely N-dealkylation sites (tertiary alicyclic amines) is 1. The lowest BCUT2D eigenvalue weighted by molar-refractivity contribution is -0.139. The van der Waals surface area contributed by atoms with Crippen molar-refractivity contribution in [3.05, 3.63) is 0 Å². The summed E-state index contributed by atoms with van der Waals surface area (Å²) in [5.74, 6) is -1.22. The van der Waals surface area contributed by atoms with E-state index in [0.717, 1.165) is 25.7 Å². The number of hydrogen-bond acceptors (Lipinski definition) is 4. The topological polar surface area (TPSA) is 108 Å². The number of nitrogens with zero attached hydrogens (tertiary/aromatic N) is 1. The second-order valence-corrected chi connectivity index (χ2v) is 6.55. The van der Waals surface area contributed by atoms with Gasteiger partial charge in [0.15, 0.2) is 0 Å². The molecule has 2 fully saturated rings. The second-order valence-electron chi connectivity index (χ2n) is 6.55. The van der Waals surface area contributed by atoms with E-state index in [9.17, 15) is 14.4 Å². The number of rotatable bonds is 6. The van der Waals surface area contributed by atoms with Crippen LogP contribution in [0.2, 0.25) is 0 Å². The van der Waals surface area contributed by atoms with Gasteiger partial charge >= 0.3 is 12.0 Å². The molecule has 1 heterocycles. The van der Waals surface area contributed by atoms with Crippen LogP contribution in [0, 0.1) is 0 Å². The molecule has 2 atom stereocenters. The van der Waals surface area contributed by atoms with E-state index in [1.165, 1.54) is 11.3 Å². The molecular formula is C16H27N3O5. The molecule has 0 aromatic heterocycles. The maximum atomic E-state index is 12.3. The molecule has 0 radical (unpaired) electrons. The smallest absolute Gasteiger partial charge is 0.315 e. The monoisotopic (exact) mass is 341 g/mol. The Labute approximate surface area is 141 Å². The molecule has 136 valence electrons. The van der Waals surface area contributed by atoms with Crippen molar-refractivity contribution < 1.29 is 24.2 Å². The summed E-state index contributed by atoms with van der Waals surface area (Å²) < 4.78 is 5.24. The van der Waals surface area contributed by atoms with Crippen molar-refractivity contribution in [3.8, 4) is 0 Å². The highest BCUT2D eigenvalue weighted by molar-refractivity contribution is 5.85. The Morgan fingerprint density at radius 2 is 1.92 bits per heavy atom. The Morgan fingerprint density at radius 3 is 2.54 bits per heavy atom. The molecule has 1 saturated heterocycles. The Hall–Kier alpha value is -1.83. The van der Waals surface area contributed by atoms with E-state index in [1.54, 1.807) is 7.11 Å². The first-order chi connectivity index (χ1) is 11.5. The maximum absolute atomic E-state index is 12.3. The van der Waals surface area contributed by atoms with Crippen molar-refractivity contribution in [3.63, 3.8) is 0 Å². The molecule has 1 saturated carbocycles. The Kier molecular flexibility index (Phi) is 6.84. The number of carbonyl (C=O) groups is 3. The summed E-state index contributed by atoms with van der Waals surface area (Å²) in [5.41, 5.74) is 0. The van der Waals surface area contributed by atoms with Gasteiger partial charge in [-0.2, -0.15) is 0 Å². The Balaban J connectivity index is 1.79. The van der Waals surface area contributed by atoms with Crippen LogP contribution in [0.3, 0.4) is 0 Å². The average molecular weight is 341 g/mol. The van der Waals surface area contributed by atoms with Gasteiger partial charge in [-0.1, -0.05) is 19.3 Å². The molecule has 0 bridgehead atoms. The van der Waals surface area contributed by atoms with Crippen molar-refractivity contribution >= 4 is 17.9 Å². The first-order valence-corrected chi connectivity index (χ1v) is 8.58. The van der Waals surface area contributed by atoms with Gasteiger partial charge in [0, 0.05) is 25.7 Å². The van der Waals surface area contributed by atoms with Crippen LogP contribution in [-0.4, -0.2) is 66.3 Å². The van der Waals surface area contributed by atoms with Crippen molar-refractivity contribution in [2.24, 2.45) is 0 Å². The number of ether oxygens (including phenoxy) is 1. The van der Waals surface area contributed by atoms with Crippen LogP contribution in [0.25, 0.3) is 0 Å². The molecule has 24 heavy (non-hydrogen) atoms. The third-order valence-corrected chi connectivity index (χ3v) is 4.78. The number of carboxylic acid groups (broad SMARTS) is 1. The van der Waals surface area contributed by atoms with E-state index in [0.29, 0.717) is 13.0 Å². The zero-order chi connectivity index (χ0) is 17.5. The number of urea groups is 1. The molecule has 1 aliphatic carbocycles. The highest BCUT2D eigenvalue weighted by atomic mass is 16.5. The summed E-state index contributed by atoms with van der Waals surface area (Å²) in [6, 6.07) is -0.547. The fourth-order valence-electron chi connectivity index (χ4n) is 3.49. The van der Waals surface area contributed by atoms with E-state index in [-0.39, 0.29) is 43.1 Å². The predicted octanol–water partition coefficient (Wildman–Crippen LogP) is 0.709. The van der Waals surface area contributed by atoms with Crippen LogP contribution in [0.4, 0.5) is 4.79 Å².